The van der Waals surface area contributed by atoms with Crippen LogP contribution in [0.5, 0.6) is 0 Å². The Balaban J connectivity index is 1.83. The minimum atomic E-state index is 0.00178. The summed E-state index contributed by atoms with van der Waals surface area (Å²) in [7, 11) is 1.83. The van der Waals surface area contributed by atoms with Crippen molar-refractivity contribution in [2.45, 2.75) is 13.8 Å². The van der Waals surface area contributed by atoms with Crippen molar-refractivity contribution in [2.75, 3.05) is 11.9 Å². The van der Waals surface area contributed by atoms with Crippen molar-refractivity contribution >= 4 is 29.3 Å². The summed E-state index contributed by atoms with van der Waals surface area (Å²) >= 11 is 0. The number of allylic oxidation sites excluding steroid dienone is 2. The van der Waals surface area contributed by atoms with Crippen molar-refractivity contribution in [1.82, 2.24) is 0 Å². The van der Waals surface area contributed by atoms with Gasteiger partial charge in [-0.3, -0.25) is 4.79 Å². The molecule has 0 fully saturated rings. The van der Waals surface area contributed by atoms with Crippen LogP contribution < -0.4 is 4.90 Å². The van der Waals surface area contributed by atoms with E-state index in [2.05, 4.69) is 54.6 Å². The molecule has 1 aliphatic carbocycles. The standard InChI is InChI=1S/C21H21NO/c1-15(2)21(23)22(3)19-12-8-16(9-13-19)14-18-11-10-17-6-4-5-7-20(17)18/h4-15H,1-3H3. The van der Waals surface area contributed by atoms with E-state index in [1.54, 1.807) is 4.90 Å². The Morgan fingerprint density at radius 3 is 2.39 bits per heavy atom. The van der Waals surface area contributed by atoms with E-state index in [0.29, 0.717) is 0 Å². The molecule has 2 aromatic rings. The molecule has 1 aliphatic rings. The monoisotopic (exact) mass is 303 g/mol. The minimum absolute atomic E-state index is 0.00178. The van der Waals surface area contributed by atoms with Gasteiger partial charge in [-0.25, -0.2) is 0 Å². The molecule has 0 unspecified atom stereocenters. The molecule has 0 bridgehead atoms. The van der Waals surface area contributed by atoms with Crippen LogP contribution in [-0.2, 0) is 4.79 Å². The average molecular weight is 303 g/mol. The molecule has 0 radical (unpaired) electrons. The minimum Gasteiger partial charge on any atom is -0.315 e. The van der Waals surface area contributed by atoms with Gasteiger partial charge in [0.1, 0.15) is 0 Å². The van der Waals surface area contributed by atoms with E-state index < -0.39 is 0 Å². The number of benzene rings is 2. The predicted molar refractivity (Wildman–Crippen MR) is 98.0 cm³/mol. The number of hydrogen-bond acceptors (Lipinski definition) is 1. The zero-order valence-corrected chi connectivity index (χ0v) is 13.8. The van der Waals surface area contributed by atoms with Crippen LogP contribution in [0, 0.1) is 5.92 Å². The van der Waals surface area contributed by atoms with Crippen molar-refractivity contribution in [3.63, 3.8) is 0 Å². The van der Waals surface area contributed by atoms with E-state index in [4.69, 9.17) is 0 Å². The van der Waals surface area contributed by atoms with Gasteiger partial charge in [-0.05, 0) is 40.5 Å². The van der Waals surface area contributed by atoms with E-state index in [-0.39, 0.29) is 11.8 Å². The molecule has 0 atom stereocenters. The lowest BCUT2D eigenvalue weighted by Crippen LogP contribution is -2.30. The molecule has 1 amide bonds. The molecule has 116 valence electrons. The predicted octanol–water partition coefficient (Wildman–Crippen LogP) is 4.87. The van der Waals surface area contributed by atoms with Gasteiger partial charge >= 0.3 is 0 Å². The fourth-order valence-electron chi connectivity index (χ4n) is 2.79. The second-order valence-corrected chi connectivity index (χ2v) is 6.16. The van der Waals surface area contributed by atoms with Crippen LogP contribution in [0.15, 0.2) is 54.6 Å². The summed E-state index contributed by atoms with van der Waals surface area (Å²) < 4.78 is 0. The first-order valence-electron chi connectivity index (χ1n) is 7.93. The van der Waals surface area contributed by atoms with Crippen molar-refractivity contribution < 1.29 is 4.79 Å². The Kier molecular flexibility index (Phi) is 4.16. The molecule has 0 heterocycles. The van der Waals surface area contributed by atoms with E-state index in [0.717, 1.165) is 11.3 Å². The Hall–Kier alpha value is -2.61. The molecule has 0 aliphatic heterocycles. The first kappa shape index (κ1) is 15.3. The maximum atomic E-state index is 12.0. The zero-order chi connectivity index (χ0) is 16.4. The lowest BCUT2D eigenvalue weighted by Gasteiger charge is -2.19. The van der Waals surface area contributed by atoms with Gasteiger partial charge in [0.25, 0.3) is 0 Å². The summed E-state index contributed by atoms with van der Waals surface area (Å²) in [6.45, 7) is 3.84. The number of rotatable bonds is 3. The highest BCUT2D eigenvalue weighted by molar-refractivity contribution is 5.98. The molecule has 2 nitrogen and oxygen atoms in total. The SMILES string of the molecule is CC(C)C(=O)N(C)c1ccc(C=C2C=Cc3ccccc32)cc1. The van der Waals surface area contributed by atoms with Gasteiger partial charge in [0.05, 0.1) is 0 Å². The Morgan fingerprint density at radius 1 is 1.00 bits per heavy atom. The number of nitrogens with zero attached hydrogens (tertiary/aromatic N) is 1. The molecule has 2 heteroatoms. The quantitative estimate of drug-likeness (QED) is 0.792. The van der Waals surface area contributed by atoms with Gasteiger partial charge in [-0.2, -0.15) is 0 Å². The fourth-order valence-corrected chi connectivity index (χ4v) is 2.79. The van der Waals surface area contributed by atoms with Crippen molar-refractivity contribution in [1.29, 1.82) is 0 Å². The van der Waals surface area contributed by atoms with Gasteiger partial charge in [-0.15, -0.1) is 0 Å². The first-order chi connectivity index (χ1) is 11.1. The third-order valence-corrected chi connectivity index (χ3v) is 4.14. The lowest BCUT2D eigenvalue weighted by molar-refractivity contribution is -0.121. The zero-order valence-electron chi connectivity index (χ0n) is 13.8. The highest BCUT2D eigenvalue weighted by Crippen LogP contribution is 2.30. The largest absolute Gasteiger partial charge is 0.315 e. The van der Waals surface area contributed by atoms with E-state index in [9.17, 15) is 4.79 Å². The van der Waals surface area contributed by atoms with Crippen LogP contribution in [0.3, 0.4) is 0 Å². The number of carbonyl (C=O) groups is 1. The van der Waals surface area contributed by atoms with Gasteiger partial charge in [0.15, 0.2) is 0 Å². The van der Waals surface area contributed by atoms with Crippen molar-refractivity contribution in [2.24, 2.45) is 5.92 Å². The molecule has 2 aromatic carbocycles. The summed E-state index contributed by atoms with van der Waals surface area (Å²) in [5.41, 5.74) is 5.81. The van der Waals surface area contributed by atoms with Crippen molar-refractivity contribution in [3.05, 3.63) is 71.3 Å². The summed E-state index contributed by atoms with van der Waals surface area (Å²) in [5, 5.41) is 0. The van der Waals surface area contributed by atoms with Crippen molar-refractivity contribution in [3.8, 4) is 0 Å². The van der Waals surface area contributed by atoms with Crippen LogP contribution >= 0.6 is 0 Å². The summed E-state index contributed by atoms with van der Waals surface area (Å²) in [6, 6.07) is 16.5. The first-order valence-corrected chi connectivity index (χ1v) is 7.93. The number of carbonyl (C=O) groups excluding carboxylic acids is 1. The molecular formula is C21H21NO. The van der Waals surface area contributed by atoms with Crippen LogP contribution in [0.25, 0.3) is 17.7 Å². The third-order valence-electron chi connectivity index (χ3n) is 4.14. The molecule has 0 saturated carbocycles. The topological polar surface area (TPSA) is 20.3 Å². The Morgan fingerprint density at radius 2 is 1.70 bits per heavy atom. The Bertz CT molecular complexity index is 782. The second-order valence-electron chi connectivity index (χ2n) is 6.16. The van der Waals surface area contributed by atoms with E-state index in [1.807, 2.05) is 33.0 Å². The second kappa shape index (κ2) is 6.25. The molecular weight excluding hydrogens is 282 g/mol. The summed E-state index contributed by atoms with van der Waals surface area (Å²) in [5.74, 6) is 0.130. The lowest BCUT2D eigenvalue weighted by atomic mass is 10.0. The highest BCUT2D eigenvalue weighted by atomic mass is 16.2. The maximum Gasteiger partial charge on any atom is 0.229 e. The maximum absolute atomic E-state index is 12.0. The summed E-state index contributed by atoms with van der Waals surface area (Å²) in [6.07, 6.45) is 6.47. The fraction of sp³-hybridized carbons (Fsp3) is 0.190. The third kappa shape index (κ3) is 3.11. The van der Waals surface area contributed by atoms with Crippen LogP contribution in [0.2, 0.25) is 0 Å². The average Bonchev–Trinajstić information content (AvgIpc) is 2.97. The van der Waals surface area contributed by atoms with Crippen LogP contribution in [0.4, 0.5) is 5.69 Å². The number of anilines is 1. The normalized spacial score (nSPS) is 14.3. The molecule has 0 aromatic heterocycles. The molecule has 3 rings (SSSR count). The molecule has 0 saturated heterocycles. The molecule has 0 spiro atoms. The highest BCUT2D eigenvalue weighted by Gasteiger charge is 2.14. The van der Waals surface area contributed by atoms with E-state index in [1.165, 1.54) is 16.7 Å². The molecule has 23 heavy (non-hydrogen) atoms. The van der Waals surface area contributed by atoms with E-state index >= 15 is 0 Å². The van der Waals surface area contributed by atoms with Gasteiger partial charge in [0.2, 0.25) is 5.91 Å². The molecule has 0 N–H and O–H groups in total. The Labute approximate surface area is 137 Å². The smallest absolute Gasteiger partial charge is 0.229 e. The van der Waals surface area contributed by atoms with Gasteiger partial charge < -0.3 is 4.90 Å². The van der Waals surface area contributed by atoms with Crippen LogP contribution in [0.1, 0.15) is 30.5 Å². The number of fused-ring (bicyclic) bond motifs is 1. The van der Waals surface area contributed by atoms with Gasteiger partial charge in [-0.1, -0.05) is 62.4 Å². The van der Waals surface area contributed by atoms with Crippen LogP contribution in [-0.4, -0.2) is 13.0 Å². The number of amides is 1. The number of hydrogen-bond donors (Lipinski definition) is 0. The van der Waals surface area contributed by atoms with Gasteiger partial charge in [0, 0.05) is 18.7 Å². The summed E-state index contributed by atoms with van der Waals surface area (Å²) in [4.78, 5) is 13.8.